The summed E-state index contributed by atoms with van der Waals surface area (Å²) < 4.78 is 18.0. The monoisotopic (exact) mass is 728 g/mol. The van der Waals surface area contributed by atoms with Crippen LogP contribution in [0.3, 0.4) is 0 Å². The van der Waals surface area contributed by atoms with Gasteiger partial charge in [-0.3, -0.25) is 9.59 Å². The Kier molecular flexibility index (Phi) is 10.9. The van der Waals surface area contributed by atoms with Crippen molar-refractivity contribution in [2.45, 2.75) is 108 Å². The Labute approximate surface area is 310 Å². The molecule has 1 aromatic carbocycles. The van der Waals surface area contributed by atoms with Crippen LogP contribution in [0, 0.1) is 24.7 Å². The van der Waals surface area contributed by atoms with E-state index >= 15 is 0 Å². The van der Waals surface area contributed by atoms with Crippen LogP contribution in [-0.4, -0.2) is 71.6 Å². The number of fused-ring (bicyclic) bond motifs is 3. The predicted molar refractivity (Wildman–Crippen MR) is 201 cm³/mol. The summed E-state index contributed by atoms with van der Waals surface area (Å²) in [7, 11) is 3.51. The zero-order valence-electron chi connectivity index (χ0n) is 30.9. The standard InChI is InChI=1S/C41H52N4O6S/c1-5-50-40(48)41-23-28(41)15-11-6-7-12-18-45(3)36(46)20-27-19-29(21-31(27)38(47)44-41)51-35-22-32(42-37-25(2)34(49-4)17-16-30(35)37)33-24-52-39(43-33)26-13-9-8-10-14-26/h11,15-17,22,24,26-29,31H,5-10,12-14,18-21,23H2,1-4H3,(H,44,47)/b15-11-/t27-,28+,29-,31?,41+/m0/s1. The van der Waals surface area contributed by atoms with Crippen LogP contribution in [0.25, 0.3) is 22.3 Å². The molecule has 3 aliphatic carbocycles. The van der Waals surface area contributed by atoms with Gasteiger partial charge in [-0.2, -0.15) is 0 Å². The van der Waals surface area contributed by atoms with Gasteiger partial charge in [0, 0.05) is 60.2 Å². The molecule has 1 N–H and O–H groups in total. The van der Waals surface area contributed by atoms with Crippen LogP contribution in [0.2, 0.25) is 0 Å². The van der Waals surface area contributed by atoms with E-state index in [2.05, 4.69) is 16.8 Å². The Morgan fingerprint density at radius 1 is 1.06 bits per heavy atom. The normalized spacial score (nSPS) is 27.9. The van der Waals surface area contributed by atoms with E-state index in [0.29, 0.717) is 37.5 Å². The molecule has 0 bridgehead atoms. The second-order valence-corrected chi connectivity index (χ2v) is 16.1. The van der Waals surface area contributed by atoms with Gasteiger partial charge in [0.25, 0.3) is 0 Å². The van der Waals surface area contributed by atoms with E-state index in [-0.39, 0.29) is 42.8 Å². The van der Waals surface area contributed by atoms with Crippen LogP contribution < -0.4 is 14.8 Å². The topological polar surface area (TPSA) is 120 Å². The largest absolute Gasteiger partial charge is 0.496 e. The molecule has 3 fully saturated rings. The number of aromatic nitrogens is 2. The van der Waals surface area contributed by atoms with Crippen LogP contribution in [0.15, 0.2) is 35.7 Å². The smallest absolute Gasteiger partial charge is 0.332 e. The van der Waals surface area contributed by atoms with Gasteiger partial charge in [0.2, 0.25) is 11.8 Å². The zero-order chi connectivity index (χ0) is 36.4. The number of allylic oxidation sites excluding steroid dienone is 1. The third-order valence-electron chi connectivity index (χ3n) is 11.7. The van der Waals surface area contributed by atoms with E-state index in [1.165, 1.54) is 37.1 Å². The number of nitrogens with zero attached hydrogens (tertiary/aromatic N) is 3. The SMILES string of the molecule is CCOC(=O)[C@@]12C[C@H]1/C=C\CCCCN(C)C(=O)C[C@@H]1C[C@H](Oc3cc(-c4csc(C5CCCCC5)n4)nc4c(C)c(OC)ccc34)CC1C(=O)N2. The number of methoxy groups -OCH3 is 1. The molecule has 0 spiro atoms. The van der Waals surface area contributed by atoms with Crippen LogP contribution in [0.5, 0.6) is 11.5 Å². The highest BCUT2D eigenvalue weighted by Gasteiger charge is 2.62. The summed E-state index contributed by atoms with van der Waals surface area (Å²) in [5, 5.41) is 7.26. The average Bonchev–Trinajstić information content (AvgIpc) is 3.43. The van der Waals surface area contributed by atoms with Gasteiger partial charge in [-0.15, -0.1) is 11.3 Å². The summed E-state index contributed by atoms with van der Waals surface area (Å²) in [5.74, 6) is 0.464. The number of carbonyl (C=O) groups excluding carboxylic acids is 3. The summed E-state index contributed by atoms with van der Waals surface area (Å²) >= 11 is 1.71. The van der Waals surface area contributed by atoms with Crippen molar-refractivity contribution in [3.05, 3.63) is 46.3 Å². The number of hydrogen-bond donors (Lipinski definition) is 1. The molecule has 0 radical (unpaired) electrons. The molecule has 1 unspecified atom stereocenters. The van der Waals surface area contributed by atoms with Gasteiger partial charge >= 0.3 is 5.97 Å². The highest BCUT2D eigenvalue weighted by molar-refractivity contribution is 7.10. The number of hydrogen-bond acceptors (Lipinski definition) is 9. The molecule has 3 aromatic rings. The number of rotatable bonds is 7. The fourth-order valence-electron chi connectivity index (χ4n) is 8.57. The summed E-state index contributed by atoms with van der Waals surface area (Å²) in [6.45, 7) is 4.69. The minimum atomic E-state index is -1.06. The van der Waals surface area contributed by atoms with Crippen molar-refractivity contribution >= 4 is 40.0 Å². The fraction of sp³-hybridized carbons (Fsp3) is 0.585. The molecular formula is C41H52N4O6S. The van der Waals surface area contributed by atoms with Crippen molar-refractivity contribution in [2.75, 3.05) is 27.3 Å². The second-order valence-electron chi connectivity index (χ2n) is 15.2. The number of aryl methyl sites for hydroxylation is 1. The minimum absolute atomic E-state index is 0.0231. The summed E-state index contributed by atoms with van der Waals surface area (Å²) in [6, 6.07) is 5.89. The number of thiazole rings is 1. The summed E-state index contributed by atoms with van der Waals surface area (Å²) in [4.78, 5) is 53.0. The molecular weight excluding hydrogens is 677 g/mol. The number of carbonyl (C=O) groups is 3. The van der Waals surface area contributed by atoms with Crippen molar-refractivity contribution < 1.29 is 28.6 Å². The van der Waals surface area contributed by atoms with E-state index in [1.54, 1.807) is 30.3 Å². The molecule has 3 heterocycles. The van der Waals surface area contributed by atoms with Crippen LogP contribution in [0.4, 0.5) is 0 Å². The maximum atomic E-state index is 14.2. The Bertz CT molecular complexity index is 1830. The lowest BCUT2D eigenvalue weighted by Crippen LogP contribution is -2.49. The molecule has 278 valence electrons. The third-order valence-corrected chi connectivity index (χ3v) is 12.7. The van der Waals surface area contributed by atoms with Crippen LogP contribution in [-0.2, 0) is 19.1 Å². The Morgan fingerprint density at radius 2 is 1.88 bits per heavy atom. The number of pyridine rings is 1. The lowest BCUT2D eigenvalue weighted by molar-refractivity contribution is -0.150. The Balaban J connectivity index is 1.20. The van der Waals surface area contributed by atoms with Gasteiger partial charge in [-0.1, -0.05) is 31.4 Å². The zero-order valence-corrected chi connectivity index (χ0v) is 31.8. The molecule has 4 aliphatic rings. The molecule has 11 heteroatoms. The highest BCUT2D eigenvalue weighted by Crippen LogP contribution is 2.48. The Morgan fingerprint density at radius 3 is 2.67 bits per heavy atom. The number of nitrogens with one attached hydrogen (secondary N) is 1. The first-order valence-corrected chi connectivity index (χ1v) is 20.1. The number of benzene rings is 1. The van der Waals surface area contributed by atoms with Gasteiger partial charge in [-0.05, 0) is 83.3 Å². The summed E-state index contributed by atoms with van der Waals surface area (Å²) in [5.41, 5.74) is 2.20. The molecule has 1 aliphatic heterocycles. The van der Waals surface area contributed by atoms with Crippen molar-refractivity contribution in [2.24, 2.45) is 17.8 Å². The summed E-state index contributed by atoms with van der Waals surface area (Å²) in [6.07, 6.45) is 14.3. The second kappa shape index (κ2) is 15.5. The highest BCUT2D eigenvalue weighted by atomic mass is 32.1. The van der Waals surface area contributed by atoms with Crippen molar-refractivity contribution in [3.63, 3.8) is 0 Å². The van der Waals surface area contributed by atoms with Crippen LogP contribution >= 0.6 is 11.3 Å². The fourth-order valence-corrected chi connectivity index (χ4v) is 9.55. The van der Waals surface area contributed by atoms with E-state index in [0.717, 1.165) is 52.9 Å². The first kappa shape index (κ1) is 36.4. The quantitative estimate of drug-likeness (QED) is 0.196. The lowest BCUT2D eigenvalue weighted by atomic mass is 9.90. The molecule has 7 rings (SSSR count). The predicted octanol–water partition coefficient (Wildman–Crippen LogP) is 7.52. The first-order valence-electron chi connectivity index (χ1n) is 19.2. The molecule has 3 saturated carbocycles. The number of amides is 2. The maximum Gasteiger partial charge on any atom is 0.332 e. The van der Waals surface area contributed by atoms with E-state index < -0.39 is 17.4 Å². The van der Waals surface area contributed by atoms with E-state index in [1.807, 2.05) is 38.2 Å². The van der Waals surface area contributed by atoms with Crippen molar-refractivity contribution in [3.8, 4) is 22.9 Å². The van der Waals surface area contributed by atoms with Gasteiger partial charge in [-0.25, -0.2) is 14.8 Å². The van der Waals surface area contributed by atoms with Gasteiger partial charge in [0.05, 0.1) is 41.7 Å². The molecule has 52 heavy (non-hydrogen) atoms. The molecule has 5 atom stereocenters. The van der Waals surface area contributed by atoms with Crippen molar-refractivity contribution in [1.29, 1.82) is 0 Å². The maximum absolute atomic E-state index is 14.2. The van der Waals surface area contributed by atoms with Crippen molar-refractivity contribution in [1.82, 2.24) is 20.2 Å². The average molecular weight is 729 g/mol. The molecule has 2 aromatic heterocycles. The van der Waals surface area contributed by atoms with Gasteiger partial charge in [0.15, 0.2) is 0 Å². The molecule has 2 amide bonds. The van der Waals surface area contributed by atoms with Gasteiger partial charge < -0.3 is 24.4 Å². The lowest BCUT2D eigenvalue weighted by Gasteiger charge is -2.24. The minimum Gasteiger partial charge on any atom is -0.496 e. The number of ether oxygens (including phenoxy) is 3. The van der Waals surface area contributed by atoms with E-state index in [4.69, 9.17) is 24.2 Å². The Hall–Kier alpha value is -3.99. The third kappa shape index (κ3) is 7.43. The van der Waals surface area contributed by atoms with Crippen LogP contribution in [0.1, 0.15) is 100 Å². The van der Waals surface area contributed by atoms with E-state index in [9.17, 15) is 14.4 Å². The molecule has 0 saturated heterocycles. The van der Waals surface area contributed by atoms with Gasteiger partial charge in [0.1, 0.15) is 17.0 Å². The first-order chi connectivity index (χ1) is 25.2. The number of esters is 1. The molecule has 10 nitrogen and oxygen atoms in total.